The third-order valence-corrected chi connectivity index (χ3v) is 3.29. The molecule has 0 amide bonds. The second kappa shape index (κ2) is 8.09. The van der Waals surface area contributed by atoms with E-state index in [1.54, 1.807) is 6.92 Å². The highest BCUT2D eigenvalue weighted by atomic mass is 16.7. The highest BCUT2D eigenvalue weighted by Crippen LogP contribution is 2.31. The van der Waals surface area contributed by atoms with Crippen LogP contribution >= 0.6 is 0 Å². The molecule has 0 N–H and O–H groups in total. The van der Waals surface area contributed by atoms with Crippen molar-refractivity contribution in [3.63, 3.8) is 0 Å². The molecule has 1 fully saturated rings. The van der Waals surface area contributed by atoms with Gasteiger partial charge >= 0.3 is 17.9 Å². The molecule has 0 spiro atoms. The number of carbonyl (C=O) groups excluding carboxylic acids is 3. The summed E-state index contributed by atoms with van der Waals surface area (Å²) in [6, 6.07) is 0. The maximum Gasteiger partial charge on any atom is 0.305 e. The number of carbonyl (C=O) groups is 3. The molecule has 8 nitrogen and oxygen atoms in total. The fourth-order valence-electron chi connectivity index (χ4n) is 2.39. The minimum Gasteiger partial charge on any atom is -0.463 e. The van der Waals surface area contributed by atoms with Crippen molar-refractivity contribution in [2.24, 2.45) is 5.92 Å². The summed E-state index contributed by atoms with van der Waals surface area (Å²) < 4.78 is 26.2. The highest BCUT2D eigenvalue weighted by molar-refractivity contribution is 5.67. The van der Waals surface area contributed by atoms with Gasteiger partial charge < -0.3 is 23.7 Å². The van der Waals surface area contributed by atoms with E-state index in [9.17, 15) is 14.4 Å². The summed E-state index contributed by atoms with van der Waals surface area (Å²) in [7, 11) is 1.44. The molecule has 0 aromatic carbocycles. The van der Waals surface area contributed by atoms with E-state index in [0.29, 0.717) is 0 Å². The molecule has 1 rings (SSSR count). The van der Waals surface area contributed by atoms with E-state index in [0.717, 1.165) is 0 Å². The van der Waals surface area contributed by atoms with Crippen LogP contribution in [0.2, 0.25) is 0 Å². The monoisotopic (exact) mass is 318 g/mol. The standard InChI is InChI=1S/C14H22O8/c1-7-12(20-9(3)16)11(6-19-8(2)15)22-14(13(7)18-5)21-10(4)17/h7,11-14H,6H2,1-5H3/t7?,11?,12-,13?,14-/m1/s1. The maximum absolute atomic E-state index is 11.3. The van der Waals surface area contributed by atoms with Crippen LogP contribution in [0, 0.1) is 5.92 Å². The SMILES string of the molecule is COC1C(C)[C@@H](OC(C)=O)C(COC(C)=O)O[C@H]1OC(C)=O. The van der Waals surface area contributed by atoms with Gasteiger partial charge in [-0.3, -0.25) is 14.4 Å². The lowest BCUT2D eigenvalue weighted by Gasteiger charge is -2.43. The van der Waals surface area contributed by atoms with Gasteiger partial charge in [0, 0.05) is 33.8 Å². The van der Waals surface area contributed by atoms with Gasteiger partial charge in [-0.2, -0.15) is 0 Å². The fraction of sp³-hybridized carbons (Fsp3) is 0.786. The zero-order valence-electron chi connectivity index (χ0n) is 13.4. The Kier molecular flexibility index (Phi) is 6.76. The molecule has 1 aliphatic rings. The Morgan fingerprint density at radius 1 is 0.955 bits per heavy atom. The molecule has 5 atom stereocenters. The lowest BCUT2D eigenvalue weighted by Crippen LogP contribution is -2.57. The van der Waals surface area contributed by atoms with Crippen molar-refractivity contribution in [2.45, 2.75) is 52.3 Å². The fourth-order valence-corrected chi connectivity index (χ4v) is 2.39. The molecule has 0 aromatic heterocycles. The largest absolute Gasteiger partial charge is 0.463 e. The topological polar surface area (TPSA) is 97.4 Å². The molecule has 1 saturated heterocycles. The normalized spacial score (nSPS) is 31.2. The Bertz CT molecular complexity index is 421. The minimum atomic E-state index is -0.968. The van der Waals surface area contributed by atoms with Gasteiger partial charge in [0.05, 0.1) is 0 Å². The Balaban J connectivity index is 2.94. The Morgan fingerprint density at radius 3 is 2.00 bits per heavy atom. The van der Waals surface area contributed by atoms with Gasteiger partial charge in [-0.15, -0.1) is 0 Å². The van der Waals surface area contributed by atoms with E-state index in [2.05, 4.69) is 0 Å². The van der Waals surface area contributed by atoms with Crippen molar-refractivity contribution in [1.82, 2.24) is 0 Å². The number of hydrogen-bond acceptors (Lipinski definition) is 8. The summed E-state index contributed by atoms with van der Waals surface area (Å²) in [5.74, 6) is -1.84. The molecular weight excluding hydrogens is 296 g/mol. The van der Waals surface area contributed by atoms with E-state index < -0.39 is 42.5 Å². The first-order chi connectivity index (χ1) is 10.3. The van der Waals surface area contributed by atoms with Crippen molar-refractivity contribution in [3.05, 3.63) is 0 Å². The summed E-state index contributed by atoms with van der Waals surface area (Å²) in [6.45, 7) is 5.44. The summed E-state index contributed by atoms with van der Waals surface area (Å²) in [6.07, 6.45) is -3.01. The van der Waals surface area contributed by atoms with Crippen LogP contribution < -0.4 is 0 Å². The first-order valence-corrected chi connectivity index (χ1v) is 6.92. The van der Waals surface area contributed by atoms with Crippen LogP contribution in [-0.2, 0) is 38.1 Å². The molecule has 22 heavy (non-hydrogen) atoms. The second-order valence-corrected chi connectivity index (χ2v) is 5.09. The van der Waals surface area contributed by atoms with E-state index in [1.807, 2.05) is 0 Å². The van der Waals surface area contributed by atoms with Gasteiger partial charge in [0.25, 0.3) is 0 Å². The van der Waals surface area contributed by atoms with Crippen molar-refractivity contribution >= 4 is 17.9 Å². The van der Waals surface area contributed by atoms with Crippen LogP contribution in [0.25, 0.3) is 0 Å². The molecule has 0 bridgehead atoms. The molecule has 0 aromatic rings. The number of esters is 3. The Hall–Kier alpha value is -1.67. The predicted molar refractivity (Wildman–Crippen MR) is 72.6 cm³/mol. The number of methoxy groups -OCH3 is 1. The first kappa shape index (κ1) is 18.4. The van der Waals surface area contributed by atoms with Crippen LogP contribution in [0.1, 0.15) is 27.7 Å². The summed E-state index contributed by atoms with van der Waals surface area (Å²) >= 11 is 0. The molecule has 0 aliphatic carbocycles. The molecule has 0 saturated carbocycles. The van der Waals surface area contributed by atoms with Gasteiger partial charge in [0.2, 0.25) is 6.29 Å². The Morgan fingerprint density at radius 2 is 1.55 bits per heavy atom. The average Bonchev–Trinajstić information content (AvgIpc) is 2.39. The summed E-state index contributed by atoms with van der Waals surface area (Å²) in [5.41, 5.74) is 0. The smallest absolute Gasteiger partial charge is 0.305 e. The molecule has 8 heteroatoms. The number of hydrogen-bond donors (Lipinski definition) is 0. The number of rotatable bonds is 5. The molecule has 126 valence electrons. The number of ether oxygens (including phenoxy) is 5. The van der Waals surface area contributed by atoms with Gasteiger partial charge in [-0.05, 0) is 0 Å². The first-order valence-electron chi connectivity index (χ1n) is 6.92. The molecule has 1 heterocycles. The molecule has 1 aliphatic heterocycles. The summed E-state index contributed by atoms with van der Waals surface area (Å²) in [5, 5.41) is 0. The third kappa shape index (κ3) is 4.96. The minimum absolute atomic E-state index is 0.119. The van der Waals surface area contributed by atoms with Gasteiger partial charge in [-0.25, -0.2) is 0 Å². The third-order valence-electron chi connectivity index (χ3n) is 3.29. The van der Waals surface area contributed by atoms with Crippen LogP contribution in [0.15, 0.2) is 0 Å². The highest BCUT2D eigenvalue weighted by Gasteiger charge is 2.47. The quantitative estimate of drug-likeness (QED) is 0.531. The molecule has 0 radical (unpaired) electrons. The van der Waals surface area contributed by atoms with Crippen molar-refractivity contribution in [3.8, 4) is 0 Å². The van der Waals surface area contributed by atoms with Crippen LogP contribution in [0.5, 0.6) is 0 Å². The van der Waals surface area contributed by atoms with Gasteiger partial charge in [0.15, 0.2) is 0 Å². The van der Waals surface area contributed by atoms with E-state index in [-0.39, 0.29) is 12.5 Å². The molecule has 3 unspecified atom stereocenters. The van der Waals surface area contributed by atoms with Crippen molar-refractivity contribution < 1.29 is 38.1 Å². The van der Waals surface area contributed by atoms with Gasteiger partial charge in [-0.1, -0.05) is 6.92 Å². The van der Waals surface area contributed by atoms with E-state index in [1.165, 1.54) is 27.9 Å². The van der Waals surface area contributed by atoms with E-state index in [4.69, 9.17) is 23.7 Å². The van der Waals surface area contributed by atoms with Crippen molar-refractivity contribution in [2.75, 3.05) is 13.7 Å². The van der Waals surface area contributed by atoms with Crippen LogP contribution in [-0.4, -0.2) is 56.2 Å². The lowest BCUT2D eigenvalue weighted by molar-refractivity contribution is -0.286. The maximum atomic E-state index is 11.3. The zero-order valence-corrected chi connectivity index (χ0v) is 13.4. The van der Waals surface area contributed by atoms with E-state index >= 15 is 0 Å². The Labute approximate surface area is 129 Å². The average molecular weight is 318 g/mol. The predicted octanol–water partition coefficient (Wildman–Crippen LogP) is 0.420. The lowest BCUT2D eigenvalue weighted by atomic mass is 9.90. The van der Waals surface area contributed by atoms with Gasteiger partial charge in [0.1, 0.15) is 24.9 Å². The molecular formula is C14H22O8. The zero-order chi connectivity index (χ0) is 16.9. The van der Waals surface area contributed by atoms with Crippen LogP contribution in [0.3, 0.4) is 0 Å². The van der Waals surface area contributed by atoms with Crippen molar-refractivity contribution in [1.29, 1.82) is 0 Å². The second-order valence-electron chi connectivity index (χ2n) is 5.09. The van der Waals surface area contributed by atoms with Crippen LogP contribution in [0.4, 0.5) is 0 Å². The summed E-state index contributed by atoms with van der Waals surface area (Å²) in [4.78, 5) is 33.4.